The van der Waals surface area contributed by atoms with E-state index in [2.05, 4.69) is 10.3 Å². The molecule has 2 amide bonds. The molecule has 2 rings (SSSR count). The number of aryl methyl sites for hydroxylation is 1. The van der Waals surface area contributed by atoms with Gasteiger partial charge in [0, 0.05) is 25.8 Å². The molecular formula is C19H32Cl2N4O2. The molecule has 1 saturated heterocycles. The number of nitrogens with zero attached hydrogens (tertiary/aromatic N) is 2. The Morgan fingerprint density at radius 3 is 2.48 bits per heavy atom. The monoisotopic (exact) mass is 418 g/mol. The lowest BCUT2D eigenvalue weighted by atomic mass is 9.80. The number of nitrogens with two attached hydrogens (primary N) is 1. The number of amides is 2. The number of piperidine rings is 1. The summed E-state index contributed by atoms with van der Waals surface area (Å²) < 4.78 is 0. The van der Waals surface area contributed by atoms with Gasteiger partial charge in [0.1, 0.15) is 5.82 Å². The van der Waals surface area contributed by atoms with Gasteiger partial charge in [0.05, 0.1) is 11.3 Å². The molecular weight excluding hydrogens is 387 g/mol. The molecule has 27 heavy (non-hydrogen) atoms. The molecule has 154 valence electrons. The SMILES string of the molecule is CCC(CC)(CN)C(=O)N1CCCC(C(=O)Nc2ccc(C)cn2)C1.Cl.Cl. The Kier molecular flexibility index (Phi) is 10.9. The number of anilines is 1. The fourth-order valence-electron chi connectivity index (χ4n) is 3.41. The maximum atomic E-state index is 13.0. The number of halogens is 2. The van der Waals surface area contributed by atoms with Gasteiger partial charge in [-0.05, 0) is 44.2 Å². The van der Waals surface area contributed by atoms with E-state index in [1.165, 1.54) is 0 Å². The largest absolute Gasteiger partial charge is 0.341 e. The van der Waals surface area contributed by atoms with Crippen LogP contribution in [0.15, 0.2) is 18.3 Å². The van der Waals surface area contributed by atoms with E-state index < -0.39 is 5.41 Å². The minimum absolute atomic E-state index is 0. The first-order valence-electron chi connectivity index (χ1n) is 9.18. The first kappa shape index (κ1) is 25.6. The van der Waals surface area contributed by atoms with Gasteiger partial charge in [0.2, 0.25) is 11.8 Å². The van der Waals surface area contributed by atoms with Crippen molar-refractivity contribution in [3.8, 4) is 0 Å². The summed E-state index contributed by atoms with van der Waals surface area (Å²) in [5.74, 6) is 0.369. The average Bonchev–Trinajstić information content (AvgIpc) is 2.65. The quantitative estimate of drug-likeness (QED) is 0.741. The fraction of sp³-hybridized carbons (Fsp3) is 0.632. The number of nitrogens with one attached hydrogen (secondary N) is 1. The van der Waals surface area contributed by atoms with Gasteiger partial charge in [-0.15, -0.1) is 24.8 Å². The Balaban J connectivity index is 0.00000338. The van der Waals surface area contributed by atoms with E-state index in [9.17, 15) is 9.59 Å². The normalized spacial score (nSPS) is 16.7. The van der Waals surface area contributed by atoms with E-state index in [0.717, 1.165) is 31.2 Å². The summed E-state index contributed by atoms with van der Waals surface area (Å²) in [6.45, 7) is 7.47. The number of carbonyl (C=O) groups excluding carboxylic acids is 2. The second-order valence-electron chi connectivity index (χ2n) is 6.99. The van der Waals surface area contributed by atoms with Crippen LogP contribution < -0.4 is 11.1 Å². The van der Waals surface area contributed by atoms with Crippen molar-refractivity contribution >= 4 is 42.4 Å². The van der Waals surface area contributed by atoms with Crippen molar-refractivity contribution < 1.29 is 9.59 Å². The molecule has 1 unspecified atom stereocenters. The molecule has 1 aromatic rings. The van der Waals surface area contributed by atoms with Crippen molar-refractivity contribution in [1.82, 2.24) is 9.88 Å². The molecule has 1 aliphatic heterocycles. The number of aromatic nitrogens is 1. The summed E-state index contributed by atoms with van der Waals surface area (Å²) in [5.41, 5.74) is 6.45. The van der Waals surface area contributed by atoms with Crippen LogP contribution >= 0.6 is 24.8 Å². The van der Waals surface area contributed by atoms with E-state index in [-0.39, 0.29) is 42.5 Å². The summed E-state index contributed by atoms with van der Waals surface area (Å²) in [6, 6.07) is 3.71. The molecule has 0 bridgehead atoms. The van der Waals surface area contributed by atoms with Crippen LogP contribution in [0, 0.1) is 18.3 Å². The molecule has 1 aromatic heterocycles. The molecule has 1 fully saturated rings. The maximum absolute atomic E-state index is 13.0. The summed E-state index contributed by atoms with van der Waals surface area (Å²) in [6.07, 6.45) is 4.79. The van der Waals surface area contributed by atoms with Crippen LogP contribution in [0.3, 0.4) is 0 Å². The minimum Gasteiger partial charge on any atom is -0.341 e. The minimum atomic E-state index is -0.503. The van der Waals surface area contributed by atoms with Crippen LogP contribution in [0.5, 0.6) is 0 Å². The molecule has 3 N–H and O–H groups in total. The average molecular weight is 419 g/mol. The first-order valence-corrected chi connectivity index (χ1v) is 9.18. The standard InChI is InChI=1S/C19H30N4O2.2ClH/c1-4-19(5-2,13-20)18(25)23-10-6-7-15(12-23)17(24)22-16-9-8-14(3)11-21-16;;/h8-9,11,15H,4-7,10,12-13,20H2,1-3H3,(H,21,22,24);2*1H. The van der Waals surface area contributed by atoms with Gasteiger partial charge in [0.15, 0.2) is 0 Å². The highest BCUT2D eigenvalue weighted by Gasteiger charge is 2.39. The lowest BCUT2D eigenvalue weighted by molar-refractivity contribution is -0.144. The van der Waals surface area contributed by atoms with Crippen LogP contribution in [-0.2, 0) is 9.59 Å². The Morgan fingerprint density at radius 2 is 1.96 bits per heavy atom. The second-order valence-corrected chi connectivity index (χ2v) is 6.99. The molecule has 0 spiro atoms. The molecule has 1 aliphatic rings. The van der Waals surface area contributed by atoms with E-state index in [1.54, 1.807) is 12.3 Å². The molecule has 2 heterocycles. The van der Waals surface area contributed by atoms with Gasteiger partial charge in [-0.2, -0.15) is 0 Å². The summed E-state index contributed by atoms with van der Waals surface area (Å²) in [7, 11) is 0. The molecule has 1 atom stereocenters. The van der Waals surface area contributed by atoms with Crippen LogP contribution in [0.25, 0.3) is 0 Å². The highest BCUT2D eigenvalue weighted by molar-refractivity contribution is 5.92. The summed E-state index contributed by atoms with van der Waals surface area (Å²) in [5, 5.41) is 2.87. The van der Waals surface area contributed by atoms with Crippen molar-refractivity contribution in [2.45, 2.75) is 46.5 Å². The number of hydrogen-bond donors (Lipinski definition) is 2. The molecule has 8 heteroatoms. The van der Waals surface area contributed by atoms with Crippen LogP contribution in [0.4, 0.5) is 5.82 Å². The van der Waals surface area contributed by atoms with Crippen LogP contribution in [-0.4, -0.2) is 41.3 Å². The summed E-state index contributed by atoms with van der Waals surface area (Å²) >= 11 is 0. The highest BCUT2D eigenvalue weighted by atomic mass is 35.5. The Morgan fingerprint density at radius 1 is 1.30 bits per heavy atom. The zero-order valence-corrected chi connectivity index (χ0v) is 18.0. The second kappa shape index (κ2) is 11.5. The van der Waals surface area contributed by atoms with Gasteiger partial charge < -0.3 is 16.0 Å². The Labute approximate surface area is 174 Å². The Bertz CT molecular complexity index is 598. The van der Waals surface area contributed by atoms with E-state index in [0.29, 0.717) is 25.5 Å². The van der Waals surface area contributed by atoms with E-state index in [1.807, 2.05) is 31.7 Å². The van der Waals surface area contributed by atoms with Crippen molar-refractivity contribution in [3.63, 3.8) is 0 Å². The van der Waals surface area contributed by atoms with Crippen molar-refractivity contribution in [2.24, 2.45) is 17.1 Å². The third-order valence-corrected chi connectivity index (χ3v) is 5.44. The number of pyridine rings is 1. The lowest BCUT2D eigenvalue weighted by Crippen LogP contribution is -2.52. The fourth-order valence-corrected chi connectivity index (χ4v) is 3.41. The van der Waals surface area contributed by atoms with Crippen molar-refractivity contribution in [2.75, 3.05) is 25.0 Å². The summed E-state index contributed by atoms with van der Waals surface area (Å²) in [4.78, 5) is 31.6. The molecule has 0 aliphatic carbocycles. The molecule has 0 radical (unpaired) electrons. The lowest BCUT2D eigenvalue weighted by Gasteiger charge is -2.39. The predicted octanol–water partition coefficient (Wildman–Crippen LogP) is 3.18. The predicted molar refractivity (Wildman–Crippen MR) is 113 cm³/mol. The van der Waals surface area contributed by atoms with Crippen LogP contribution in [0.1, 0.15) is 45.1 Å². The maximum Gasteiger partial charge on any atom is 0.230 e. The van der Waals surface area contributed by atoms with E-state index >= 15 is 0 Å². The zero-order chi connectivity index (χ0) is 18.4. The van der Waals surface area contributed by atoms with Crippen LogP contribution in [0.2, 0.25) is 0 Å². The number of likely N-dealkylation sites (tertiary alicyclic amines) is 1. The number of rotatable bonds is 6. The van der Waals surface area contributed by atoms with Gasteiger partial charge in [-0.3, -0.25) is 9.59 Å². The van der Waals surface area contributed by atoms with Gasteiger partial charge in [0.25, 0.3) is 0 Å². The third-order valence-electron chi connectivity index (χ3n) is 5.44. The van der Waals surface area contributed by atoms with Gasteiger partial charge in [-0.25, -0.2) is 4.98 Å². The number of carbonyl (C=O) groups is 2. The molecule has 6 nitrogen and oxygen atoms in total. The topological polar surface area (TPSA) is 88.3 Å². The smallest absolute Gasteiger partial charge is 0.230 e. The van der Waals surface area contributed by atoms with Gasteiger partial charge in [-0.1, -0.05) is 19.9 Å². The zero-order valence-electron chi connectivity index (χ0n) is 16.4. The first-order chi connectivity index (χ1) is 12.0. The van der Waals surface area contributed by atoms with Gasteiger partial charge >= 0.3 is 0 Å². The third kappa shape index (κ3) is 6.06. The molecule has 0 saturated carbocycles. The highest BCUT2D eigenvalue weighted by Crippen LogP contribution is 2.30. The van der Waals surface area contributed by atoms with E-state index in [4.69, 9.17) is 5.73 Å². The van der Waals surface area contributed by atoms with Crippen molar-refractivity contribution in [3.05, 3.63) is 23.9 Å². The van der Waals surface area contributed by atoms with Crippen molar-refractivity contribution in [1.29, 1.82) is 0 Å². The number of hydrogen-bond acceptors (Lipinski definition) is 4. The Hall–Kier alpha value is -1.37. The molecule has 0 aromatic carbocycles.